The zero-order valence-corrected chi connectivity index (χ0v) is 22.2. The first kappa shape index (κ1) is 23.5. The van der Waals surface area contributed by atoms with Crippen molar-refractivity contribution in [3.8, 4) is 0 Å². The van der Waals surface area contributed by atoms with Gasteiger partial charge in [-0.2, -0.15) is 0 Å². The van der Waals surface area contributed by atoms with E-state index in [2.05, 4.69) is 69.9 Å². The molecular formula is C28H25BrCl2N2O. The highest BCUT2D eigenvalue weighted by atomic mass is 79.9. The number of halogens is 3. The van der Waals surface area contributed by atoms with Crippen LogP contribution in [0.3, 0.4) is 0 Å². The van der Waals surface area contributed by atoms with Gasteiger partial charge in [-0.3, -0.25) is 4.79 Å². The van der Waals surface area contributed by atoms with Crippen LogP contribution in [0.1, 0.15) is 38.4 Å². The summed E-state index contributed by atoms with van der Waals surface area (Å²) in [5.74, 6) is 0.214. The summed E-state index contributed by atoms with van der Waals surface area (Å²) in [4.78, 5) is 18.0. The van der Waals surface area contributed by atoms with Crippen molar-refractivity contribution in [3.63, 3.8) is 0 Å². The SMILES string of the molecule is CC1(C)CC(=O)C2=C(C1)N(c1cccc(Cl)c1)C(c1ccc(Br)cc1)N(c1ccc(Cl)cc1)C2. The molecule has 1 atom stereocenters. The Morgan fingerprint density at radius 2 is 1.59 bits per heavy atom. The molecule has 0 bridgehead atoms. The Kier molecular flexibility index (Phi) is 6.26. The number of carbonyl (C=O) groups excluding carboxylic acids is 1. The molecule has 0 amide bonds. The van der Waals surface area contributed by atoms with Gasteiger partial charge in [-0.15, -0.1) is 0 Å². The van der Waals surface area contributed by atoms with E-state index in [1.54, 1.807) is 0 Å². The van der Waals surface area contributed by atoms with Crippen LogP contribution in [0.25, 0.3) is 0 Å². The van der Waals surface area contributed by atoms with E-state index < -0.39 is 0 Å². The maximum Gasteiger partial charge on any atom is 0.162 e. The lowest BCUT2D eigenvalue weighted by Gasteiger charge is -2.51. The van der Waals surface area contributed by atoms with Crippen molar-refractivity contribution in [2.45, 2.75) is 32.9 Å². The van der Waals surface area contributed by atoms with E-state index in [9.17, 15) is 4.79 Å². The third-order valence-corrected chi connectivity index (χ3v) is 7.56. The van der Waals surface area contributed by atoms with Crippen LogP contribution < -0.4 is 9.80 Å². The maximum absolute atomic E-state index is 13.4. The fraction of sp³-hybridized carbons (Fsp3) is 0.250. The second-order valence-electron chi connectivity index (χ2n) is 9.75. The molecule has 0 spiro atoms. The molecule has 1 heterocycles. The average molecular weight is 556 g/mol. The molecule has 1 unspecified atom stereocenters. The van der Waals surface area contributed by atoms with Crippen molar-refractivity contribution in [2.24, 2.45) is 5.41 Å². The van der Waals surface area contributed by atoms with Crippen molar-refractivity contribution in [2.75, 3.05) is 16.3 Å². The maximum atomic E-state index is 13.4. The third-order valence-electron chi connectivity index (χ3n) is 6.54. The molecule has 6 heteroatoms. The van der Waals surface area contributed by atoms with Crippen LogP contribution in [0.4, 0.5) is 11.4 Å². The van der Waals surface area contributed by atoms with Gasteiger partial charge >= 0.3 is 0 Å². The van der Waals surface area contributed by atoms with Gasteiger partial charge in [-0.25, -0.2) is 0 Å². The Balaban J connectivity index is 1.77. The summed E-state index contributed by atoms with van der Waals surface area (Å²) in [6, 6.07) is 24.1. The fourth-order valence-electron chi connectivity index (χ4n) is 5.03. The predicted octanol–water partition coefficient (Wildman–Crippen LogP) is 8.42. The molecule has 0 N–H and O–H groups in total. The summed E-state index contributed by atoms with van der Waals surface area (Å²) in [6.07, 6.45) is 1.21. The lowest BCUT2D eigenvalue weighted by molar-refractivity contribution is -0.118. The standard InChI is InChI=1S/C28H25BrCl2N2O/c1-28(2)15-25-24(26(34)16-28)17-32(22-12-10-20(30)11-13-22)27(18-6-8-19(29)9-7-18)33(25)23-5-3-4-21(31)14-23/h3-14,27H,15-17H2,1-2H3. The molecule has 34 heavy (non-hydrogen) atoms. The van der Waals surface area contributed by atoms with Crippen LogP contribution in [0, 0.1) is 5.41 Å². The van der Waals surface area contributed by atoms with E-state index in [1.165, 1.54) is 0 Å². The van der Waals surface area contributed by atoms with Gasteiger partial charge < -0.3 is 9.80 Å². The lowest BCUT2D eigenvalue weighted by Crippen LogP contribution is -2.51. The number of Topliss-reactive ketones (excluding diaryl/α,β-unsaturated/α-hetero) is 1. The highest BCUT2D eigenvalue weighted by Crippen LogP contribution is 2.48. The normalized spacial score (nSPS) is 19.9. The molecule has 1 aliphatic carbocycles. The van der Waals surface area contributed by atoms with E-state index in [-0.39, 0.29) is 17.4 Å². The first-order valence-corrected chi connectivity index (χ1v) is 12.8. The Morgan fingerprint density at radius 3 is 2.26 bits per heavy atom. The van der Waals surface area contributed by atoms with Gasteiger partial charge in [-0.1, -0.05) is 71.2 Å². The molecular weight excluding hydrogens is 531 g/mol. The highest BCUT2D eigenvalue weighted by Gasteiger charge is 2.43. The Labute approximate surface area is 219 Å². The topological polar surface area (TPSA) is 23.6 Å². The number of allylic oxidation sites excluding steroid dienone is 1. The quantitative estimate of drug-likeness (QED) is 0.324. The minimum absolute atomic E-state index is 0.112. The molecule has 0 radical (unpaired) electrons. The van der Waals surface area contributed by atoms with E-state index in [4.69, 9.17) is 23.2 Å². The number of nitrogens with zero attached hydrogens (tertiary/aromatic N) is 2. The van der Waals surface area contributed by atoms with Gasteiger partial charge in [0, 0.05) is 43.6 Å². The molecule has 174 valence electrons. The number of hydrogen-bond acceptors (Lipinski definition) is 3. The van der Waals surface area contributed by atoms with E-state index in [0.29, 0.717) is 23.0 Å². The molecule has 3 nitrogen and oxygen atoms in total. The smallest absolute Gasteiger partial charge is 0.162 e. The van der Waals surface area contributed by atoms with Crippen LogP contribution in [-0.2, 0) is 4.79 Å². The minimum atomic E-state index is -0.159. The molecule has 3 aromatic carbocycles. The molecule has 1 aliphatic heterocycles. The summed E-state index contributed by atoms with van der Waals surface area (Å²) < 4.78 is 1.02. The summed E-state index contributed by atoms with van der Waals surface area (Å²) in [5, 5.41) is 1.35. The Morgan fingerprint density at radius 1 is 0.882 bits per heavy atom. The summed E-state index contributed by atoms with van der Waals surface area (Å²) in [7, 11) is 0. The summed E-state index contributed by atoms with van der Waals surface area (Å²) in [5.41, 5.74) is 4.95. The van der Waals surface area contributed by atoms with E-state index in [1.807, 2.05) is 42.5 Å². The minimum Gasteiger partial charge on any atom is -0.342 e. The first-order valence-electron chi connectivity index (χ1n) is 11.3. The van der Waals surface area contributed by atoms with Gasteiger partial charge in [0.25, 0.3) is 0 Å². The molecule has 3 aromatic rings. The van der Waals surface area contributed by atoms with Crippen molar-refractivity contribution in [1.82, 2.24) is 0 Å². The molecule has 5 rings (SSSR count). The van der Waals surface area contributed by atoms with E-state index >= 15 is 0 Å². The van der Waals surface area contributed by atoms with Gasteiger partial charge in [0.15, 0.2) is 5.78 Å². The second kappa shape index (κ2) is 9.07. The molecule has 0 fully saturated rings. The lowest BCUT2D eigenvalue weighted by atomic mass is 9.74. The van der Waals surface area contributed by atoms with Crippen molar-refractivity contribution in [1.29, 1.82) is 0 Å². The number of benzene rings is 3. The van der Waals surface area contributed by atoms with Gasteiger partial charge in [-0.05, 0) is 72.0 Å². The van der Waals surface area contributed by atoms with Crippen molar-refractivity contribution < 1.29 is 4.79 Å². The van der Waals surface area contributed by atoms with Gasteiger partial charge in [0.05, 0.1) is 6.54 Å². The number of anilines is 2. The highest BCUT2D eigenvalue weighted by molar-refractivity contribution is 9.10. The van der Waals surface area contributed by atoms with Crippen LogP contribution in [0.2, 0.25) is 10.0 Å². The monoisotopic (exact) mass is 554 g/mol. The van der Waals surface area contributed by atoms with Crippen LogP contribution >= 0.6 is 39.1 Å². The summed E-state index contributed by atoms with van der Waals surface area (Å²) in [6.45, 7) is 4.89. The molecule has 2 aliphatic rings. The van der Waals surface area contributed by atoms with Crippen molar-refractivity contribution in [3.05, 3.63) is 104 Å². The second-order valence-corrected chi connectivity index (χ2v) is 11.5. The van der Waals surface area contributed by atoms with E-state index in [0.717, 1.165) is 39.1 Å². The van der Waals surface area contributed by atoms with Crippen LogP contribution in [0.15, 0.2) is 88.5 Å². The average Bonchev–Trinajstić information content (AvgIpc) is 2.78. The number of rotatable bonds is 3. The van der Waals surface area contributed by atoms with Crippen molar-refractivity contribution >= 4 is 56.3 Å². The predicted molar refractivity (Wildman–Crippen MR) is 145 cm³/mol. The number of carbonyl (C=O) groups is 1. The number of ketones is 1. The van der Waals surface area contributed by atoms with Crippen LogP contribution in [0.5, 0.6) is 0 Å². The number of hydrogen-bond donors (Lipinski definition) is 0. The molecule has 0 aromatic heterocycles. The third kappa shape index (κ3) is 4.51. The molecule has 0 saturated carbocycles. The Hall–Kier alpha value is -2.27. The van der Waals surface area contributed by atoms with Crippen LogP contribution in [-0.4, -0.2) is 12.3 Å². The zero-order valence-electron chi connectivity index (χ0n) is 19.1. The Bertz CT molecular complexity index is 1270. The zero-order chi connectivity index (χ0) is 24.0. The fourth-order valence-corrected chi connectivity index (χ4v) is 5.61. The first-order chi connectivity index (χ1) is 16.2. The van der Waals surface area contributed by atoms with Gasteiger partial charge in [0.1, 0.15) is 6.17 Å². The largest absolute Gasteiger partial charge is 0.342 e. The molecule has 0 saturated heterocycles. The summed E-state index contributed by atoms with van der Waals surface area (Å²) >= 11 is 16.3. The van der Waals surface area contributed by atoms with Gasteiger partial charge in [0.2, 0.25) is 0 Å².